The Bertz CT molecular complexity index is 843. The lowest BCUT2D eigenvalue weighted by molar-refractivity contribution is -0.384. The van der Waals surface area contributed by atoms with Crippen molar-refractivity contribution < 1.29 is 19.2 Å². The summed E-state index contributed by atoms with van der Waals surface area (Å²) in [6.45, 7) is 1.12. The molecule has 0 aliphatic carbocycles. The molecule has 0 radical (unpaired) electrons. The van der Waals surface area contributed by atoms with Crippen LogP contribution < -0.4 is 20.1 Å². The molecule has 2 N–H and O–H groups in total. The smallest absolute Gasteiger partial charge is 0.292 e. The number of fused-ring (bicyclic) bond motifs is 1. The van der Waals surface area contributed by atoms with Gasteiger partial charge in [-0.3, -0.25) is 14.9 Å². The monoisotopic (exact) mass is 377 g/mol. The molecule has 3 rings (SSSR count). The molecule has 1 heterocycles. The van der Waals surface area contributed by atoms with Crippen LogP contribution in [0.15, 0.2) is 36.4 Å². The van der Waals surface area contributed by atoms with Crippen molar-refractivity contribution in [1.29, 1.82) is 0 Å². The highest BCUT2D eigenvalue weighted by molar-refractivity contribution is 6.34. The summed E-state index contributed by atoms with van der Waals surface area (Å²) in [6, 6.07) is 9.47. The van der Waals surface area contributed by atoms with Gasteiger partial charge in [0, 0.05) is 31.2 Å². The quantitative estimate of drug-likeness (QED) is 0.590. The summed E-state index contributed by atoms with van der Waals surface area (Å²) in [7, 11) is 0. The third-order valence-electron chi connectivity index (χ3n) is 3.67. The van der Waals surface area contributed by atoms with E-state index in [0.717, 1.165) is 0 Å². The first-order valence-electron chi connectivity index (χ1n) is 7.91. The molecule has 1 amide bonds. The van der Waals surface area contributed by atoms with Crippen LogP contribution in [-0.4, -0.2) is 30.6 Å². The number of nitrogens with one attached hydrogen (secondary N) is 2. The number of carbonyl (C=O) groups excluding carboxylic acids is 1. The van der Waals surface area contributed by atoms with Crippen LogP contribution in [0.25, 0.3) is 0 Å². The number of carbonyl (C=O) groups is 1. The Morgan fingerprint density at radius 3 is 2.58 bits per heavy atom. The molecule has 8 nitrogen and oxygen atoms in total. The minimum atomic E-state index is -0.475. The van der Waals surface area contributed by atoms with E-state index in [4.69, 9.17) is 21.1 Å². The van der Waals surface area contributed by atoms with E-state index in [1.807, 2.05) is 0 Å². The van der Waals surface area contributed by atoms with Crippen LogP contribution in [0, 0.1) is 10.1 Å². The zero-order valence-electron chi connectivity index (χ0n) is 13.7. The van der Waals surface area contributed by atoms with Gasteiger partial charge in [-0.15, -0.1) is 0 Å². The summed E-state index contributed by atoms with van der Waals surface area (Å²) in [4.78, 5) is 22.6. The van der Waals surface area contributed by atoms with Crippen molar-refractivity contribution in [2.75, 3.05) is 30.4 Å². The van der Waals surface area contributed by atoms with Crippen molar-refractivity contribution in [3.8, 4) is 11.5 Å². The fourth-order valence-electron chi connectivity index (χ4n) is 2.47. The fraction of sp³-hybridized carbons (Fsp3) is 0.235. The molecule has 136 valence electrons. The van der Waals surface area contributed by atoms with Gasteiger partial charge in [-0.25, -0.2) is 0 Å². The second-order valence-corrected chi connectivity index (χ2v) is 5.88. The number of para-hydroxylation sites is 2. The van der Waals surface area contributed by atoms with Crippen LogP contribution in [0.1, 0.15) is 6.42 Å². The van der Waals surface area contributed by atoms with E-state index in [1.165, 1.54) is 6.07 Å². The van der Waals surface area contributed by atoms with Crippen molar-refractivity contribution in [2.24, 2.45) is 0 Å². The van der Waals surface area contributed by atoms with E-state index >= 15 is 0 Å². The lowest BCUT2D eigenvalue weighted by Crippen LogP contribution is -2.18. The molecule has 1 aliphatic rings. The van der Waals surface area contributed by atoms with Crippen molar-refractivity contribution in [3.63, 3.8) is 0 Å². The minimum Gasteiger partial charge on any atom is -0.486 e. The number of nitro benzene ring substituents is 1. The lowest BCUT2D eigenvalue weighted by atomic mass is 10.2. The maximum Gasteiger partial charge on any atom is 0.292 e. The molecular weight excluding hydrogens is 362 g/mol. The van der Waals surface area contributed by atoms with Gasteiger partial charge in [0.05, 0.1) is 15.6 Å². The Morgan fingerprint density at radius 2 is 1.85 bits per heavy atom. The first-order valence-corrected chi connectivity index (χ1v) is 8.28. The average Bonchev–Trinajstić information content (AvgIpc) is 2.62. The number of nitro groups is 1. The highest BCUT2D eigenvalue weighted by Crippen LogP contribution is 2.38. The molecule has 0 unspecified atom stereocenters. The highest BCUT2D eigenvalue weighted by Gasteiger charge is 2.17. The molecular formula is C17H16ClN3O5. The van der Waals surface area contributed by atoms with Gasteiger partial charge >= 0.3 is 0 Å². The highest BCUT2D eigenvalue weighted by atomic mass is 35.5. The molecule has 0 bridgehead atoms. The average molecular weight is 378 g/mol. The van der Waals surface area contributed by atoms with Crippen LogP contribution >= 0.6 is 11.6 Å². The van der Waals surface area contributed by atoms with E-state index in [-0.39, 0.29) is 24.6 Å². The van der Waals surface area contributed by atoms with Crippen LogP contribution in [0.4, 0.5) is 17.1 Å². The minimum absolute atomic E-state index is 0.0391. The number of rotatable bonds is 6. The van der Waals surface area contributed by atoms with E-state index in [9.17, 15) is 14.9 Å². The number of amides is 1. The molecule has 0 fully saturated rings. The largest absolute Gasteiger partial charge is 0.486 e. The van der Waals surface area contributed by atoms with Gasteiger partial charge in [0.2, 0.25) is 5.91 Å². The standard InChI is InChI=1S/C17H16ClN3O5/c18-11-9-15-16(26-8-7-25-15)10-13(11)20-17(22)5-6-19-12-3-1-2-4-14(12)21(23)24/h1-4,9-10,19H,5-8H2,(H,20,22). The molecule has 0 spiro atoms. The zero-order valence-corrected chi connectivity index (χ0v) is 14.4. The van der Waals surface area contributed by atoms with Gasteiger partial charge in [0.15, 0.2) is 11.5 Å². The van der Waals surface area contributed by atoms with Gasteiger partial charge < -0.3 is 20.1 Å². The maximum absolute atomic E-state index is 12.1. The number of benzene rings is 2. The lowest BCUT2D eigenvalue weighted by Gasteiger charge is -2.20. The van der Waals surface area contributed by atoms with Gasteiger partial charge in [0.25, 0.3) is 5.69 Å². The van der Waals surface area contributed by atoms with Crippen LogP contribution in [0.2, 0.25) is 5.02 Å². The van der Waals surface area contributed by atoms with E-state index < -0.39 is 4.92 Å². The summed E-state index contributed by atoms with van der Waals surface area (Å²) in [5, 5.41) is 16.9. The molecule has 0 saturated heterocycles. The molecule has 0 saturated carbocycles. The number of halogens is 1. The Kier molecular flexibility index (Phi) is 5.43. The molecule has 2 aromatic rings. The van der Waals surface area contributed by atoms with Crippen LogP contribution in [0.3, 0.4) is 0 Å². The topological polar surface area (TPSA) is 103 Å². The van der Waals surface area contributed by atoms with Crippen molar-refractivity contribution in [2.45, 2.75) is 6.42 Å². The van der Waals surface area contributed by atoms with Gasteiger partial charge in [0.1, 0.15) is 18.9 Å². The first kappa shape index (κ1) is 17.8. The molecule has 0 atom stereocenters. The van der Waals surface area contributed by atoms with Gasteiger partial charge in [-0.05, 0) is 6.07 Å². The van der Waals surface area contributed by atoms with Crippen molar-refractivity contribution >= 4 is 34.6 Å². The summed E-state index contributed by atoms with van der Waals surface area (Å²) < 4.78 is 10.9. The van der Waals surface area contributed by atoms with Gasteiger partial charge in [-0.1, -0.05) is 23.7 Å². The van der Waals surface area contributed by atoms with Crippen LogP contribution in [0.5, 0.6) is 11.5 Å². The van der Waals surface area contributed by atoms with Gasteiger partial charge in [-0.2, -0.15) is 0 Å². The van der Waals surface area contributed by atoms with Crippen LogP contribution in [-0.2, 0) is 4.79 Å². The third-order valence-corrected chi connectivity index (χ3v) is 3.99. The number of hydrogen-bond donors (Lipinski definition) is 2. The second-order valence-electron chi connectivity index (χ2n) is 5.47. The number of anilines is 2. The van der Waals surface area contributed by atoms with E-state index in [2.05, 4.69) is 10.6 Å². The molecule has 0 aromatic heterocycles. The molecule has 9 heteroatoms. The number of nitrogens with zero attached hydrogens (tertiary/aromatic N) is 1. The second kappa shape index (κ2) is 7.92. The Hall–Kier alpha value is -3.00. The maximum atomic E-state index is 12.1. The molecule has 26 heavy (non-hydrogen) atoms. The van der Waals surface area contributed by atoms with Crippen molar-refractivity contribution in [3.05, 3.63) is 51.5 Å². The number of ether oxygens (including phenoxy) is 2. The summed E-state index contributed by atoms with van der Waals surface area (Å²) in [6.07, 6.45) is 0.108. The van der Waals surface area contributed by atoms with E-state index in [0.29, 0.717) is 41.1 Å². The third kappa shape index (κ3) is 4.15. The predicted octanol–water partition coefficient (Wildman–Crippen LogP) is 3.46. The normalized spacial score (nSPS) is 12.3. The summed E-state index contributed by atoms with van der Waals surface area (Å²) >= 11 is 6.15. The Morgan fingerprint density at radius 1 is 1.15 bits per heavy atom. The predicted molar refractivity (Wildman–Crippen MR) is 97.3 cm³/mol. The summed E-state index contributed by atoms with van der Waals surface area (Å²) in [5.74, 6) is 0.779. The fourth-order valence-corrected chi connectivity index (χ4v) is 2.67. The molecule has 1 aliphatic heterocycles. The Balaban J connectivity index is 1.58. The molecule has 2 aromatic carbocycles. The Labute approximate surface area is 154 Å². The number of hydrogen-bond acceptors (Lipinski definition) is 6. The zero-order chi connectivity index (χ0) is 18.5. The SMILES string of the molecule is O=C(CCNc1ccccc1[N+](=O)[O-])Nc1cc2c(cc1Cl)OCCO2. The van der Waals surface area contributed by atoms with Crippen molar-refractivity contribution in [1.82, 2.24) is 0 Å². The summed E-state index contributed by atoms with van der Waals surface area (Å²) in [5.41, 5.74) is 0.747. The first-order chi connectivity index (χ1) is 12.5. The van der Waals surface area contributed by atoms with E-state index in [1.54, 1.807) is 30.3 Å².